The molecule has 1 aromatic carbocycles. The molecule has 3 fully saturated rings. The number of carbonyl (C=O) groups is 1. The minimum atomic E-state index is -1.17. The third kappa shape index (κ3) is 5.46. The zero-order valence-electron chi connectivity index (χ0n) is 24.8. The number of Topliss-reactive ketones (excluding diaryl/α,β-unsaturated/α-hetero) is 1. The number of aliphatic hydroxyl groups is 1. The van der Waals surface area contributed by atoms with Gasteiger partial charge in [-0.15, -0.1) is 6.58 Å². The number of piperidine rings is 3. The maximum atomic E-state index is 13.3. The first-order chi connectivity index (χ1) is 20.7. The summed E-state index contributed by atoms with van der Waals surface area (Å²) in [5, 5.41) is 14.1. The fraction of sp³-hybridized carbons (Fsp3) is 0.406. The molecule has 1 unspecified atom stereocenters. The molecule has 3 aromatic heterocycles. The minimum Gasteiger partial charge on any atom is -0.494 e. The molecule has 4 aromatic rings. The molecule has 3 aliphatic heterocycles. The van der Waals surface area contributed by atoms with Crippen molar-refractivity contribution < 1.29 is 14.6 Å². The van der Waals surface area contributed by atoms with Crippen molar-refractivity contribution in [3.05, 3.63) is 76.9 Å². The van der Waals surface area contributed by atoms with E-state index in [0.29, 0.717) is 52.8 Å². The molecule has 7 rings (SSSR count). The summed E-state index contributed by atoms with van der Waals surface area (Å²) in [6.45, 7) is 11.7. The molecule has 11 nitrogen and oxygen atoms in total. The highest BCUT2D eigenvalue weighted by atomic mass is 16.5. The van der Waals surface area contributed by atoms with Gasteiger partial charge in [-0.2, -0.15) is 4.98 Å². The Morgan fingerprint density at radius 3 is 2.65 bits per heavy atom. The SMILES string of the molecule is C=CCn1c(=O)c2cnc(Nc3ccc(CC4C(=O)C5CCN4CC5)c(OCC)c3)nc2n1-c1cccc(C(C)(C)O)n1. The normalized spacial score (nSPS) is 20.0. The number of hydrogen-bond donors (Lipinski definition) is 2. The second-order valence-electron chi connectivity index (χ2n) is 11.7. The van der Waals surface area contributed by atoms with Crippen LogP contribution >= 0.6 is 0 Å². The quantitative estimate of drug-likeness (QED) is 0.268. The molecule has 3 saturated heterocycles. The number of nitrogens with zero attached hydrogens (tertiary/aromatic N) is 6. The second kappa shape index (κ2) is 11.4. The largest absolute Gasteiger partial charge is 0.494 e. The first kappa shape index (κ1) is 28.8. The van der Waals surface area contributed by atoms with Crippen LogP contribution in [0, 0.1) is 5.92 Å². The van der Waals surface area contributed by atoms with Gasteiger partial charge in [0.15, 0.2) is 17.2 Å². The van der Waals surface area contributed by atoms with Crippen molar-refractivity contribution in [2.75, 3.05) is 25.0 Å². The maximum absolute atomic E-state index is 13.3. The molecule has 2 bridgehead atoms. The zero-order valence-corrected chi connectivity index (χ0v) is 24.8. The van der Waals surface area contributed by atoms with Gasteiger partial charge in [-0.05, 0) is 76.9 Å². The van der Waals surface area contributed by atoms with Gasteiger partial charge in [-0.1, -0.05) is 18.2 Å². The van der Waals surface area contributed by atoms with Crippen LogP contribution in [0.3, 0.4) is 0 Å². The van der Waals surface area contributed by atoms with Crippen LogP contribution in [0.5, 0.6) is 5.75 Å². The lowest BCUT2D eigenvalue weighted by atomic mass is 9.80. The van der Waals surface area contributed by atoms with E-state index in [9.17, 15) is 14.7 Å². The number of anilines is 2. The summed E-state index contributed by atoms with van der Waals surface area (Å²) in [7, 11) is 0. The van der Waals surface area contributed by atoms with E-state index in [1.54, 1.807) is 42.8 Å². The standard InChI is InChI=1S/C32H37N7O4/c1-5-14-38-30(41)23-19-33-31(36-29(23)39(38)27-9-7-8-26(35-27)32(3,4)42)34-22-11-10-21(25(18-22)43-6-2)17-24-28(40)20-12-15-37(24)16-13-20/h5,7-11,18-20,24,42H,1,6,12-17H2,2-4H3,(H,33,34,36). The van der Waals surface area contributed by atoms with E-state index >= 15 is 0 Å². The van der Waals surface area contributed by atoms with Crippen molar-refractivity contribution in [2.45, 2.75) is 58.2 Å². The van der Waals surface area contributed by atoms with Crippen molar-refractivity contribution in [3.8, 4) is 11.6 Å². The van der Waals surface area contributed by atoms with Crippen LogP contribution in [0.4, 0.5) is 11.6 Å². The number of fused-ring (bicyclic) bond motifs is 4. The van der Waals surface area contributed by atoms with Gasteiger partial charge in [-0.25, -0.2) is 19.3 Å². The van der Waals surface area contributed by atoms with Crippen LogP contribution in [-0.4, -0.2) is 65.8 Å². The minimum absolute atomic E-state index is 0.101. The summed E-state index contributed by atoms with van der Waals surface area (Å²) in [6.07, 6.45) is 5.67. The monoisotopic (exact) mass is 583 g/mol. The molecule has 43 heavy (non-hydrogen) atoms. The Bertz CT molecular complexity index is 1740. The zero-order chi connectivity index (χ0) is 30.3. The Balaban J connectivity index is 1.34. The molecule has 0 spiro atoms. The number of ketones is 1. The summed E-state index contributed by atoms with van der Waals surface area (Å²) >= 11 is 0. The topological polar surface area (TPSA) is 127 Å². The molecule has 0 amide bonds. The molecule has 2 N–H and O–H groups in total. The van der Waals surface area contributed by atoms with E-state index < -0.39 is 5.60 Å². The van der Waals surface area contributed by atoms with Crippen LogP contribution in [0.15, 0.2) is 60.0 Å². The molecule has 3 aliphatic rings. The molecule has 11 heteroatoms. The Labute approximate surface area is 249 Å². The lowest BCUT2D eigenvalue weighted by Crippen LogP contribution is -2.56. The van der Waals surface area contributed by atoms with Gasteiger partial charge >= 0.3 is 0 Å². The first-order valence-electron chi connectivity index (χ1n) is 14.8. The highest BCUT2D eigenvalue weighted by molar-refractivity contribution is 5.88. The lowest BCUT2D eigenvalue weighted by Gasteiger charge is -2.44. The number of ether oxygens (including phenoxy) is 1. The number of pyridine rings is 1. The number of hydrogen-bond acceptors (Lipinski definition) is 9. The Hall–Kier alpha value is -4.35. The van der Waals surface area contributed by atoms with Gasteiger partial charge in [0.05, 0.1) is 24.9 Å². The predicted molar refractivity (Wildman–Crippen MR) is 164 cm³/mol. The van der Waals surface area contributed by atoms with E-state index in [0.717, 1.165) is 31.5 Å². The molecule has 0 saturated carbocycles. The van der Waals surface area contributed by atoms with Crippen LogP contribution in [0.1, 0.15) is 44.9 Å². The first-order valence-corrected chi connectivity index (χ1v) is 14.8. The predicted octanol–water partition coefficient (Wildman–Crippen LogP) is 3.74. The number of rotatable bonds is 10. The summed E-state index contributed by atoms with van der Waals surface area (Å²) in [4.78, 5) is 42.4. The van der Waals surface area contributed by atoms with Gasteiger partial charge in [0, 0.05) is 23.9 Å². The van der Waals surface area contributed by atoms with Crippen LogP contribution in [0.25, 0.3) is 16.9 Å². The number of allylic oxidation sites excluding steroid dienone is 1. The van der Waals surface area contributed by atoms with Crippen LogP contribution in [-0.2, 0) is 23.4 Å². The Kier molecular flexibility index (Phi) is 7.61. The third-order valence-corrected chi connectivity index (χ3v) is 8.29. The van der Waals surface area contributed by atoms with Crippen molar-refractivity contribution >= 4 is 28.5 Å². The summed E-state index contributed by atoms with van der Waals surface area (Å²) in [6, 6.07) is 11.0. The van der Waals surface area contributed by atoms with Crippen molar-refractivity contribution in [1.82, 2.24) is 29.2 Å². The van der Waals surface area contributed by atoms with Gasteiger partial charge in [0.25, 0.3) is 5.56 Å². The van der Waals surface area contributed by atoms with Gasteiger partial charge in [0.1, 0.15) is 16.7 Å². The van der Waals surface area contributed by atoms with Crippen LogP contribution < -0.4 is 15.6 Å². The maximum Gasteiger partial charge on any atom is 0.278 e. The third-order valence-electron chi connectivity index (χ3n) is 8.29. The van der Waals surface area contributed by atoms with Crippen molar-refractivity contribution in [3.63, 3.8) is 0 Å². The average molecular weight is 584 g/mol. The Morgan fingerprint density at radius 2 is 1.95 bits per heavy atom. The summed E-state index contributed by atoms with van der Waals surface area (Å²) in [5.41, 5.74) is 1.08. The molecule has 1 atom stereocenters. The van der Waals surface area contributed by atoms with E-state index in [2.05, 4.69) is 26.8 Å². The van der Waals surface area contributed by atoms with E-state index in [4.69, 9.17) is 9.72 Å². The summed E-state index contributed by atoms with van der Waals surface area (Å²) in [5.74, 6) is 1.97. The van der Waals surface area contributed by atoms with E-state index in [1.165, 1.54) is 10.9 Å². The number of nitrogens with one attached hydrogen (secondary N) is 1. The fourth-order valence-corrected chi connectivity index (χ4v) is 6.10. The Morgan fingerprint density at radius 1 is 1.16 bits per heavy atom. The molecular formula is C32H37N7O4. The van der Waals surface area contributed by atoms with Gasteiger partial charge in [-0.3, -0.25) is 14.5 Å². The van der Waals surface area contributed by atoms with Crippen LogP contribution in [0.2, 0.25) is 0 Å². The number of benzene rings is 1. The summed E-state index contributed by atoms with van der Waals surface area (Å²) < 4.78 is 9.12. The van der Waals surface area contributed by atoms with E-state index in [1.807, 2.05) is 25.1 Å². The molecule has 6 heterocycles. The molecular weight excluding hydrogens is 546 g/mol. The molecule has 224 valence electrons. The number of carbonyl (C=O) groups excluding carboxylic acids is 1. The highest BCUT2D eigenvalue weighted by Gasteiger charge is 2.41. The second-order valence-corrected chi connectivity index (χ2v) is 11.7. The fourth-order valence-electron chi connectivity index (χ4n) is 6.10. The van der Waals surface area contributed by atoms with Gasteiger partial charge < -0.3 is 15.2 Å². The average Bonchev–Trinajstić information content (AvgIpc) is 3.26. The van der Waals surface area contributed by atoms with Crippen molar-refractivity contribution in [2.24, 2.45) is 5.92 Å². The highest BCUT2D eigenvalue weighted by Crippen LogP contribution is 2.34. The van der Waals surface area contributed by atoms with Crippen molar-refractivity contribution in [1.29, 1.82) is 0 Å². The van der Waals surface area contributed by atoms with E-state index in [-0.39, 0.29) is 30.0 Å². The van der Waals surface area contributed by atoms with Gasteiger partial charge in [0.2, 0.25) is 5.95 Å². The lowest BCUT2D eigenvalue weighted by molar-refractivity contribution is -0.136. The smallest absolute Gasteiger partial charge is 0.278 e. The molecule has 0 aliphatic carbocycles. The number of aromatic nitrogens is 5. The molecule has 0 radical (unpaired) electrons.